The molecule has 5 nitrogen and oxygen atoms in total. The van der Waals surface area contributed by atoms with Crippen molar-refractivity contribution >= 4 is 17.4 Å². The summed E-state index contributed by atoms with van der Waals surface area (Å²) in [5.41, 5.74) is 7.26. The molecule has 104 valence electrons. The number of anilines is 1. The number of aromatic hydroxyl groups is 1. The van der Waals surface area contributed by atoms with Gasteiger partial charge in [-0.05, 0) is 29.8 Å². The van der Waals surface area contributed by atoms with E-state index in [1.54, 1.807) is 18.2 Å². The summed E-state index contributed by atoms with van der Waals surface area (Å²) in [6.45, 7) is -0.205. The molecule has 0 aromatic heterocycles. The molecule has 1 unspecified atom stereocenters. The zero-order valence-electron chi connectivity index (χ0n) is 10.6. The average Bonchev–Trinajstić information content (AvgIpc) is 2.41. The summed E-state index contributed by atoms with van der Waals surface area (Å²) in [6.07, 6.45) is 0. The highest BCUT2D eigenvalue weighted by atomic mass is 32.2. The van der Waals surface area contributed by atoms with E-state index in [-0.39, 0.29) is 22.5 Å². The van der Waals surface area contributed by atoms with Gasteiger partial charge in [-0.3, -0.25) is 10.1 Å². The third-order valence-corrected chi connectivity index (χ3v) is 4.10. The fraction of sp³-hybridized carbons (Fsp3) is 0.143. The SMILES string of the molecule is Nc1ccccc1SC(C[N+](=O)[O-])c1ccc(O)cc1. The number of rotatable bonds is 5. The second-order valence-electron chi connectivity index (χ2n) is 4.25. The lowest BCUT2D eigenvalue weighted by atomic mass is 10.1. The van der Waals surface area contributed by atoms with Crippen LogP contribution >= 0.6 is 11.8 Å². The Kier molecular flexibility index (Phi) is 4.47. The first-order valence-corrected chi connectivity index (χ1v) is 6.86. The number of nitrogens with zero attached hydrogens (tertiary/aromatic N) is 1. The summed E-state index contributed by atoms with van der Waals surface area (Å²) in [5.74, 6) is 0.137. The number of hydrogen-bond donors (Lipinski definition) is 2. The maximum Gasteiger partial charge on any atom is 0.220 e. The van der Waals surface area contributed by atoms with Crippen molar-refractivity contribution < 1.29 is 10.0 Å². The Morgan fingerprint density at radius 2 is 1.85 bits per heavy atom. The Bertz CT molecular complexity index is 602. The highest BCUT2D eigenvalue weighted by Gasteiger charge is 2.20. The molecule has 0 radical (unpaired) electrons. The number of nitro groups is 1. The average molecular weight is 290 g/mol. The van der Waals surface area contributed by atoms with Crippen LogP contribution in [0.15, 0.2) is 53.4 Å². The van der Waals surface area contributed by atoms with Crippen LogP contribution in [0, 0.1) is 10.1 Å². The van der Waals surface area contributed by atoms with Crippen LogP contribution in [-0.2, 0) is 0 Å². The fourth-order valence-electron chi connectivity index (χ4n) is 1.78. The lowest BCUT2D eigenvalue weighted by molar-refractivity contribution is -0.479. The highest BCUT2D eigenvalue weighted by Crippen LogP contribution is 2.38. The topological polar surface area (TPSA) is 89.4 Å². The number of benzene rings is 2. The Morgan fingerprint density at radius 1 is 1.20 bits per heavy atom. The van der Waals surface area contributed by atoms with E-state index in [1.807, 2.05) is 18.2 Å². The monoisotopic (exact) mass is 290 g/mol. The van der Waals surface area contributed by atoms with Crippen molar-refractivity contribution in [1.82, 2.24) is 0 Å². The lowest BCUT2D eigenvalue weighted by Gasteiger charge is -2.14. The number of phenolic OH excluding ortho intramolecular Hbond substituents is 1. The van der Waals surface area contributed by atoms with Crippen LogP contribution in [0.1, 0.15) is 10.8 Å². The molecule has 0 aliphatic heterocycles. The molecule has 0 heterocycles. The molecule has 2 aromatic rings. The van der Waals surface area contributed by atoms with E-state index in [1.165, 1.54) is 23.9 Å². The largest absolute Gasteiger partial charge is 0.508 e. The molecule has 1 atom stereocenters. The zero-order chi connectivity index (χ0) is 14.5. The molecule has 0 spiro atoms. The maximum atomic E-state index is 10.8. The van der Waals surface area contributed by atoms with E-state index in [0.29, 0.717) is 5.69 Å². The predicted octanol–water partition coefficient (Wildman–Crippen LogP) is 3.08. The smallest absolute Gasteiger partial charge is 0.220 e. The normalized spacial score (nSPS) is 12.0. The minimum absolute atomic E-state index is 0.137. The summed E-state index contributed by atoms with van der Waals surface area (Å²) in [5, 5.41) is 19.8. The lowest BCUT2D eigenvalue weighted by Crippen LogP contribution is -2.10. The maximum absolute atomic E-state index is 10.8. The second-order valence-corrected chi connectivity index (χ2v) is 5.50. The third kappa shape index (κ3) is 3.64. The third-order valence-electron chi connectivity index (χ3n) is 2.77. The van der Waals surface area contributed by atoms with Crippen molar-refractivity contribution in [1.29, 1.82) is 0 Å². The first-order valence-electron chi connectivity index (χ1n) is 5.98. The van der Waals surface area contributed by atoms with Crippen LogP contribution in [0.25, 0.3) is 0 Å². The standard InChI is InChI=1S/C14H14N2O3S/c15-12-3-1-2-4-13(12)20-14(9-16(18)19)10-5-7-11(17)8-6-10/h1-8,14,17H,9,15H2. The van der Waals surface area contributed by atoms with Gasteiger partial charge in [0.25, 0.3) is 0 Å². The zero-order valence-corrected chi connectivity index (χ0v) is 11.4. The fourth-order valence-corrected chi connectivity index (χ4v) is 2.93. The van der Waals surface area contributed by atoms with Crippen LogP contribution in [-0.4, -0.2) is 16.6 Å². The van der Waals surface area contributed by atoms with Gasteiger partial charge in [-0.15, -0.1) is 11.8 Å². The molecule has 0 aliphatic rings. The summed E-state index contributed by atoms with van der Waals surface area (Å²) >= 11 is 1.35. The molecule has 0 bridgehead atoms. The summed E-state index contributed by atoms with van der Waals surface area (Å²) in [6, 6.07) is 13.7. The highest BCUT2D eigenvalue weighted by molar-refractivity contribution is 7.99. The summed E-state index contributed by atoms with van der Waals surface area (Å²) in [4.78, 5) is 11.3. The van der Waals surface area contributed by atoms with Crippen LogP contribution in [0.3, 0.4) is 0 Å². The van der Waals surface area contributed by atoms with Crippen LogP contribution in [0.2, 0.25) is 0 Å². The van der Waals surface area contributed by atoms with Crippen LogP contribution in [0.4, 0.5) is 5.69 Å². The Labute approximate surface area is 120 Å². The van der Waals surface area contributed by atoms with E-state index >= 15 is 0 Å². The molecule has 20 heavy (non-hydrogen) atoms. The number of thioether (sulfide) groups is 1. The van der Waals surface area contributed by atoms with E-state index in [9.17, 15) is 15.2 Å². The number of phenols is 1. The van der Waals surface area contributed by atoms with Crippen molar-refractivity contribution in [3.8, 4) is 5.75 Å². The molecule has 3 N–H and O–H groups in total. The molecule has 2 aromatic carbocycles. The Hall–Kier alpha value is -2.21. The molecule has 0 aliphatic carbocycles. The minimum Gasteiger partial charge on any atom is -0.508 e. The van der Waals surface area contributed by atoms with Crippen molar-refractivity contribution in [2.75, 3.05) is 12.3 Å². The Balaban J connectivity index is 2.26. The van der Waals surface area contributed by atoms with Gasteiger partial charge < -0.3 is 10.8 Å². The number of nitrogens with two attached hydrogens (primary N) is 1. The summed E-state index contributed by atoms with van der Waals surface area (Å²) < 4.78 is 0. The van der Waals surface area contributed by atoms with E-state index < -0.39 is 0 Å². The quantitative estimate of drug-likeness (QED) is 0.382. The Morgan fingerprint density at radius 3 is 2.45 bits per heavy atom. The molecule has 0 fully saturated rings. The second kappa shape index (κ2) is 6.29. The van der Waals surface area contributed by atoms with Gasteiger partial charge in [-0.25, -0.2) is 0 Å². The van der Waals surface area contributed by atoms with Gasteiger partial charge in [0.2, 0.25) is 6.54 Å². The molecule has 6 heteroatoms. The number of hydrogen-bond acceptors (Lipinski definition) is 5. The molecule has 2 rings (SSSR count). The number of nitrogen functional groups attached to an aromatic ring is 1. The van der Waals surface area contributed by atoms with Gasteiger partial charge in [-0.1, -0.05) is 24.3 Å². The first-order chi connectivity index (χ1) is 9.56. The minimum atomic E-state index is -0.352. The van der Waals surface area contributed by atoms with Gasteiger partial charge in [0.15, 0.2) is 0 Å². The predicted molar refractivity (Wildman–Crippen MR) is 79.4 cm³/mol. The summed E-state index contributed by atoms with van der Waals surface area (Å²) in [7, 11) is 0. The molecule has 0 amide bonds. The van der Waals surface area contributed by atoms with Crippen molar-refractivity contribution in [2.45, 2.75) is 10.1 Å². The van der Waals surface area contributed by atoms with Gasteiger partial charge in [0.05, 0.1) is 5.25 Å². The first kappa shape index (κ1) is 14.2. The molecule has 0 saturated heterocycles. The van der Waals surface area contributed by atoms with Crippen molar-refractivity contribution in [2.24, 2.45) is 0 Å². The van der Waals surface area contributed by atoms with E-state index in [2.05, 4.69) is 0 Å². The van der Waals surface area contributed by atoms with E-state index in [4.69, 9.17) is 5.73 Å². The van der Waals surface area contributed by atoms with Crippen molar-refractivity contribution in [3.63, 3.8) is 0 Å². The van der Waals surface area contributed by atoms with Gasteiger partial charge in [0, 0.05) is 15.5 Å². The molecular formula is C14H14N2O3S. The number of para-hydroxylation sites is 1. The van der Waals surface area contributed by atoms with Crippen LogP contribution < -0.4 is 5.73 Å². The van der Waals surface area contributed by atoms with Gasteiger partial charge >= 0.3 is 0 Å². The molecule has 0 saturated carbocycles. The van der Waals surface area contributed by atoms with Crippen molar-refractivity contribution in [3.05, 3.63) is 64.2 Å². The molecular weight excluding hydrogens is 276 g/mol. The van der Waals surface area contributed by atoms with Gasteiger partial charge in [-0.2, -0.15) is 0 Å². The van der Waals surface area contributed by atoms with Crippen LogP contribution in [0.5, 0.6) is 5.75 Å². The van der Waals surface area contributed by atoms with Gasteiger partial charge in [0.1, 0.15) is 5.75 Å². The van der Waals surface area contributed by atoms with E-state index in [0.717, 1.165) is 10.5 Å².